The van der Waals surface area contributed by atoms with E-state index in [0.717, 1.165) is 35.7 Å². The number of rotatable bonds is 4. The van der Waals surface area contributed by atoms with Gasteiger partial charge in [0.2, 0.25) is 0 Å². The van der Waals surface area contributed by atoms with Gasteiger partial charge in [-0.05, 0) is 60.6 Å². The Bertz CT molecular complexity index is 1030. The molecule has 4 rings (SSSR count). The van der Waals surface area contributed by atoms with E-state index in [4.69, 9.17) is 21.7 Å². The lowest BCUT2D eigenvalue weighted by Crippen LogP contribution is -2.44. The molecule has 0 radical (unpaired) electrons. The van der Waals surface area contributed by atoms with Gasteiger partial charge in [0.1, 0.15) is 0 Å². The van der Waals surface area contributed by atoms with Crippen LogP contribution in [0.25, 0.3) is 0 Å². The van der Waals surface area contributed by atoms with Crippen molar-refractivity contribution in [2.24, 2.45) is 0 Å². The Morgan fingerprint density at radius 2 is 1.79 bits per heavy atom. The normalized spacial score (nSPS) is 15.6. The molecule has 1 aliphatic heterocycles. The van der Waals surface area contributed by atoms with E-state index >= 15 is 0 Å². The first-order valence-corrected chi connectivity index (χ1v) is 10.0. The fraction of sp³-hybridized carbons (Fsp3) is 0.261. The maximum Gasteiger partial charge on any atom is 0.174 e. The molecular formula is C23H25N3O2S. The number of nitrogens with one attached hydrogen (secondary N) is 1. The van der Waals surface area contributed by atoms with Gasteiger partial charge in [0.15, 0.2) is 16.6 Å². The third-order valence-corrected chi connectivity index (χ3v) is 5.75. The molecule has 0 saturated carbocycles. The van der Waals surface area contributed by atoms with E-state index in [9.17, 15) is 0 Å². The minimum Gasteiger partial charge on any atom is -0.493 e. The van der Waals surface area contributed by atoms with Gasteiger partial charge in [-0.25, -0.2) is 0 Å². The number of anilines is 1. The molecule has 2 aromatic carbocycles. The molecule has 6 heteroatoms. The molecule has 0 saturated heterocycles. The lowest BCUT2D eigenvalue weighted by molar-refractivity contribution is 0.291. The Morgan fingerprint density at radius 1 is 1.00 bits per heavy atom. The lowest BCUT2D eigenvalue weighted by Gasteiger charge is -2.39. The summed E-state index contributed by atoms with van der Waals surface area (Å²) in [6, 6.07) is 18.5. The second-order valence-electron chi connectivity index (χ2n) is 7.08. The first-order valence-electron chi connectivity index (χ1n) is 9.62. The van der Waals surface area contributed by atoms with E-state index in [1.807, 2.05) is 24.3 Å². The van der Waals surface area contributed by atoms with Crippen LogP contribution in [0.1, 0.15) is 22.9 Å². The van der Waals surface area contributed by atoms with Crippen LogP contribution in [0.5, 0.6) is 11.5 Å². The third kappa shape index (κ3) is 3.68. The molecule has 0 amide bonds. The number of para-hydroxylation sites is 1. The molecule has 1 aliphatic rings. The molecule has 0 aliphatic carbocycles. The standard InChI is InChI=1S/C23H25N3O2S/c1-16-7-4-5-8-18(16)24-23(29)26-14-13-25-12-6-9-19(25)22(26)17-10-11-20(27-2)21(15-17)28-3/h4-12,15,22H,13-14H2,1-3H3,(H,24,29)/t22-/m0/s1. The van der Waals surface area contributed by atoms with Gasteiger partial charge in [-0.15, -0.1) is 0 Å². The minimum absolute atomic E-state index is 0.0115. The Hall–Kier alpha value is -2.99. The second kappa shape index (κ2) is 8.17. The fourth-order valence-electron chi connectivity index (χ4n) is 3.88. The zero-order chi connectivity index (χ0) is 20.4. The van der Waals surface area contributed by atoms with Crippen molar-refractivity contribution in [3.8, 4) is 11.5 Å². The SMILES string of the molecule is COc1ccc([C@H]2c3cccn3CCN2C(=S)Nc2ccccc2C)cc1OC. The van der Waals surface area contributed by atoms with Crippen LogP contribution in [0.2, 0.25) is 0 Å². The van der Waals surface area contributed by atoms with Crippen LogP contribution in [-0.2, 0) is 6.54 Å². The molecule has 5 nitrogen and oxygen atoms in total. The Morgan fingerprint density at radius 3 is 2.55 bits per heavy atom. The highest BCUT2D eigenvalue weighted by Gasteiger charge is 2.31. The van der Waals surface area contributed by atoms with E-state index in [1.54, 1.807) is 14.2 Å². The highest BCUT2D eigenvalue weighted by atomic mass is 32.1. The van der Waals surface area contributed by atoms with Gasteiger partial charge >= 0.3 is 0 Å². The average molecular weight is 408 g/mol. The van der Waals surface area contributed by atoms with Crippen molar-refractivity contribution in [3.05, 3.63) is 77.6 Å². The molecule has 1 N–H and O–H groups in total. The predicted octanol–water partition coefficient (Wildman–Crippen LogP) is 4.62. The summed E-state index contributed by atoms with van der Waals surface area (Å²) in [7, 11) is 3.31. The summed E-state index contributed by atoms with van der Waals surface area (Å²) in [5.74, 6) is 1.43. The van der Waals surface area contributed by atoms with Crippen LogP contribution in [0.15, 0.2) is 60.8 Å². The first kappa shape index (κ1) is 19.3. The van der Waals surface area contributed by atoms with Crippen molar-refractivity contribution in [1.29, 1.82) is 0 Å². The summed E-state index contributed by atoms with van der Waals surface area (Å²) < 4.78 is 13.2. The predicted molar refractivity (Wildman–Crippen MR) is 120 cm³/mol. The van der Waals surface area contributed by atoms with Crippen LogP contribution >= 0.6 is 12.2 Å². The maximum atomic E-state index is 5.86. The molecule has 0 spiro atoms. The number of hydrogen-bond acceptors (Lipinski definition) is 3. The summed E-state index contributed by atoms with van der Waals surface area (Å²) in [6.07, 6.45) is 2.12. The number of aryl methyl sites for hydroxylation is 1. The summed E-state index contributed by atoms with van der Waals surface area (Å²) >= 11 is 5.86. The van der Waals surface area contributed by atoms with Crippen LogP contribution in [-0.4, -0.2) is 35.3 Å². The van der Waals surface area contributed by atoms with E-state index in [-0.39, 0.29) is 6.04 Å². The molecule has 1 atom stereocenters. The van der Waals surface area contributed by atoms with E-state index in [0.29, 0.717) is 10.9 Å². The van der Waals surface area contributed by atoms with Gasteiger partial charge in [-0.3, -0.25) is 0 Å². The quantitative estimate of drug-likeness (QED) is 0.639. The maximum absolute atomic E-state index is 5.86. The van der Waals surface area contributed by atoms with Gasteiger partial charge in [0.25, 0.3) is 0 Å². The molecule has 0 bridgehead atoms. The summed E-state index contributed by atoms with van der Waals surface area (Å²) in [5, 5.41) is 4.16. The highest BCUT2D eigenvalue weighted by molar-refractivity contribution is 7.80. The first-order chi connectivity index (χ1) is 14.1. The number of benzene rings is 2. The highest BCUT2D eigenvalue weighted by Crippen LogP contribution is 2.37. The molecule has 0 unspecified atom stereocenters. The molecule has 1 aromatic heterocycles. The Kier molecular flexibility index (Phi) is 5.45. The van der Waals surface area contributed by atoms with Gasteiger partial charge in [-0.2, -0.15) is 0 Å². The van der Waals surface area contributed by atoms with Gasteiger partial charge in [0, 0.05) is 30.7 Å². The van der Waals surface area contributed by atoms with Gasteiger partial charge in [-0.1, -0.05) is 24.3 Å². The van der Waals surface area contributed by atoms with Crippen molar-refractivity contribution in [2.75, 3.05) is 26.1 Å². The van der Waals surface area contributed by atoms with E-state index < -0.39 is 0 Å². The third-order valence-electron chi connectivity index (χ3n) is 5.41. The largest absolute Gasteiger partial charge is 0.493 e. The summed E-state index contributed by atoms with van der Waals surface area (Å²) in [5.41, 5.74) is 4.51. The molecule has 0 fully saturated rings. The van der Waals surface area contributed by atoms with E-state index in [2.05, 4.69) is 58.2 Å². The zero-order valence-corrected chi connectivity index (χ0v) is 17.7. The number of thiocarbonyl (C=S) groups is 1. The summed E-state index contributed by atoms with van der Waals surface area (Å²) in [4.78, 5) is 2.25. The fourth-order valence-corrected chi connectivity index (χ4v) is 4.18. The monoisotopic (exact) mass is 407 g/mol. The molecular weight excluding hydrogens is 382 g/mol. The van der Waals surface area contributed by atoms with Crippen LogP contribution < -0.4 is 14.8 Å². The van der Waals surface area contributed by atoms with Crippen molar-refractivity contribution in [3.63, 3.8) is 0 Å². The average Bonchev–Trinajstić information content (AvgIpc) is 3.23. The number of fused-ring (bicyclic) bond motifs is 1. The van der Waals surface area contributed by atoms with Crippen molar-refractivity contribution in [2.45, 2.75) is 19.5 Å². The number of hydrogen-bond donors (Lipinski definition) is 1. The molecule has 150 valence electrons. The number of nitrogens with zero attached hydrogens (tertiary/aromatic N) is 2. The van der Waals surface area contributed by atoms with E-state index in [1.165, 1.54) is 5.69 Å². The van der Waals surface area contributed by atoms with Crippen molar-refractivity contribution < 1.29 is 9.47 Å². The van der Waals surface area contributed by atoms with Crippen LogP contribution in [0.3, 0.4) is 0 Å². The molecule has 29 heavy (non-hydrogen) atoms. The minimum atomic E-state index is -0.0115. The lowest BCUT2D eigenvalue weighted by atomic mass is 9.99. The Labute approximate surface area is 176 Å². The van der Waals surface area contributed by atoms with Crippen LogP contribution in [0.4, 0.5) is 5.69 Å². The van der Waals surface area contributed by atoms with Crippen LogP contribution in [0, 0.1) is 6.92 Å². The Balaban J connectivity index is 1.72. The van der Waals surface area contributed by atoms with Crippen molar-refractivity contribution >= 4 is 23.0 Å². The van der Waals surface area contributed by atoms with Gasteiger partial charge < -0.3 is 24.3 Å². The number of aromatic nitrogens is 1. The second-order valence-corrected chi connectivity index (χ2v) is 7.47. The molecule has 3 aromatic rings. The van der Waals surface area contributed by atoms with Crippen molar-refractivity contribution in [1.82, 2.24) is 9.47 Å². The smallest absolute Gasteiger partial charge is 0.174 e. The van der Waals surface area contributed by atoms with Gasteiger partial charge in [0.05, 0.1) is 20.3 Å². The zero-order valence-electron chi connectivity index (χ0n) is 16.9. The topological polar surface area (TPSA) is 38.7 Å². The number of ether oxygens (including phenoxy) is 2. The summed E-state index contributed by atoms with van der Waals surface area (Å²) in [6.45, 7) is 3.79. The number of methoxy groups -OCH3 is 2. The molecule has 2 heterocycles.